The normalized spacial score (nSPS) is 20.9. The lowest BCUT2D eigenvalue weighted by Crippen LogP contribution is -2.47. The Kier molecular flexibility index (Phi) is 7.91. The van der Waals surface area contributed by atoms with Crippen LogP contribution in [0.15, 0.2) is 60.7 Å². The van der Waals surface area contributed by atoms with Crippen molar-refractivity contribution in [3.8, 4) is 17.0 Å². The maximum absolute atomic E-state index is 13.1. The number of methoxy groups -OCH3 is 1. The molecule has 0 bridgehead atoms. The third-order valence-electron chi connectivity index (χ3n) is 8.85. The van der Waals surface area contributed by atoms with E-state index in [1.54, 1.807) is 7.11 Å². The summed E-state index contributed by atoms with van der Waals surface area (Å²) in [5.41, 5.74) is 6.76. The highest BCUT2D eigenvalue weighted by molar-refractivity contribution is 6.10. The zero-order valence-electron chi connectivity index (χ0n) is 24.4. The van der Waals surface area contributed by atoms with E-state index in [0.29, 0.717) is 0 Å². The first kappa shape index (κ1) is 30.4. The number of aliphatic carboxylic acids is 1. The number of β-amino-alcohol motifs (C(OH)–C–C–N with tert-alkyl or cyclic N) is 1. The quantitative estimate of drug-likeness (QED) is 0.249. The Hall–Kier alpha value is -4.62. The summed E-state index contributed by atoms with van der Waals surface area (Å²) in [6.07, 6.45) is -4.29. The van der Waals surface area contributed by atoms with Gasteiger partial charge in [-0.15, -0.1) is 0 Å². The summed E-state index contributed by atoms with van der Waals surface area (Å²) < 4.78 is 37.2. The van der Waals surface area contributed by atoms with E-state index in [0.717, 1.165) is 83.9 Å². The Morgan fingerprint density at radius 1 is 1.07 bits per heavy atom. The maximum Gasteiger partial charge on any atom is 0.490 e. The molecule has 0 radical (unpaired) electrons. The summed E-state index contributed by atoms with van der Waals surface area (Å²) in [5.74, 6) is -1.78. The monoisotopic (exact) mass is 623 g/mol. The summed E-state index contributed by atoms with van der Waals surface area (Å²) in [4.78, 5) is 26.6. The van der Waals surface area contributed by atoms with Crippen LogP contribution in [0.4, 0.5) is 24.5 Å². The third kappa shape index (κ3) is 5.69. The molecule has 2 aliphatic heterocycles. The Bertz CT molecular complexity index is 1730. The number of alkyl halides is 3. The summed E-state index contributed by atoms with van der Waals surface area (Å²) in [5, 5.41) is 28.3. The number of rotatable bonds is 6. The van der Waals surface area contributed by atoms with Crippen molar-refractivity contribution in [1.29, 1.82) is 0 Å². The number of nitrogens with one attached hydrogen (secondary N) is 2. The minimum atomic E-state index is -5.08. The molecule has 1 saturated heterocycles. The van der Waals surface area contributed by atoms with Gasteiger partial charge in [-0.05, 0) is 53.9 Å². The molecule has 10 nitrogen and oxygen atoms in total. The molecule has 3 heterocycles. The lowest BCUT2D eigenvalue weighted by molar-refractivity contribution is -0.192. The topological polar surface area (TPSA) is 131 Å². The van der Waals surface area contributed by atoms with Gasteiger partial charge < -0.3 is 25.2 Å². The van der Waals surface area contributed by atoms with Gasteiger partial charge >= 0.3 is 12.1 Å². The van der Waals surface area contributed by atoms with Crippen LogP contribution in [-0.4, -0.2) is 89.8 Å². The van der Waals surface area contributed by atoms with E-state index < -0.39 is 17.6 Å². The van der Waals surface area contributed by atoms with Gasteiger partial charge in [-0.25, -0.2) is 4.79 Å². The van der Waals surface area contributed by atoms with Crippen molar-refractivity contribution >= 4 is 34.2 Å². The van der Waals surface area contributed by atoms with Crippen LogP contribution in [-0.2, 0) is 15.0 Å². The molecule has 1 spiro atoms. The summed E-state index contributed by atoms with van der Waals surface area (Å²) in [7, 11) is 1.65. The zero-order valence-corrected chi connectivity index (χ0v) is 24.4. The molecule has 0 unspecified atom stereocenters. The number of aromatic nitrogens is 2. The molecule has 3 aliphatic rings. The second-order valence-corrected chi connectivity index (χ2v) is 11.4. The number of aromatic amines is 1. The van der Waals surface area contributed by atoms with Gasteiger partial charge in [0.1, 0.15) is 5.75 Å². The molecule has 45 heavy (non-hydrogen) atoms. The minimum absolute atomic E-state index is 0.0750. The van der Waals surface area contributed by atoms with Crippen LogP contribution in [0.5, 0.6) is 5.75 Å². The van der Waals surface area contributed by atoms with Gasteiger partial charge in [0.25, 0.3) is 0 Å². The standard InChI is InChI=1S/C30H31N5O3.C2HF3O2/c1-38-22-7-9-26-24(17-22)30(29(37)31-26)18-25(30)20-4-8-23-27(16-20)32-33-28(23)19-2-5-21(6-3-19)35-12-10-34(11-13-35)14-15-36;3-2(4,5)1(6)7/h2-9,16-17,25,36H,10-15,18H2,1H3,(H,31,37)(H,32,33);(H,6,7)/t25-,30-;/m0./s1. The van der Waals surface area contributed by atoms with Crippen LogP contribution in [0.1, 0.15) is 23.5 Å². The van der Waals surface area contributed by atoms with Crippen LogP contribution >= 0.6 is 0 Å². The Labute approximate surface area is 256 Å². The first-order valence-corrected chi connectivity index (χ1v) is 14.5. The molecular formula is C32H32F3N5O5. The van der Waals surface area contributed by atoms with Crippen LogP contribution in [0, 0.1) is 0 Å². The number of anilines is 2. The van der Waals surface area contributed by atoms with E-state index in [-0.39, 0.29) is 18.4 Å². The van der Waals surface area contributed by atoms with Crippen molar-refractivity contribution in [2.24, 2.45) is 0 Å². The molecule has 1 aliphatic carbocycles. The van der Waals surface area contributed by atoms with E-state index >= 15 is 0 Å². The number of H-pyrrole nitrogens is 1. The Morgan fingerprint density at radius 2 is 1.78 bits per heavy atom. The minimum Gasteiger partial charge on any atom is -0.497 e. The average molecular weight is 624 g/mol. The van der Waals surface area contributed by atoms with Crippen molar-refractivity contribution in [1.82, 2.24) is 15.1 Å². The van der Waals surface area contributed by atoms with Crippen LogP contribution < -0.4 is 15.0 Å². The maximum atomic E-state index is 13.1. The molecule has 236 valence electrons. The van der Waals surface area contributed by atoms with Crippen molar-refractivity contribution in [3.05, 3.63) is 71.8 Å². The van der Waals surface area contributed by atoms with E-state index in [1.807, 2.05) is 18.2 Å². The fourth-order valence-corrected chi connectivity index (χ4v) is 6.37. The molecule has 1 aromatic heterocycles. The molecule has 13 heteroatoms. The SMILES string of the molecule is COc1ccc2c(c1)[C@]1(C[C@H]1c1ccc3c(-c4ccc(N5CCN(CCO)CC5)cc4)n[nH]c3c1)C(=O)N2.O=C(O)C(F)(F)F. The lowest BCUT2D eigenvalue weighted by atomic mass is 9.91. The fraction of sp³-hybridized carbons (Fsp3) is 0.344. The van der Waals surface area contributed by atoms with Crippen molar-refractivity contribution in [2.45, 2.75) is 23.9 Å². The number of fused-ring (bicyclic) bond motifs is 3. The number of aliphatic hydroxyl groups excluding tert-OH is 1. The number of nitrogens with zero attached hydrogens (tertiary/aromatic N) is 3. The van der Waals surface area contributed by atoms with E-state index in [2.05, 4.69) is 67.8 Å². The largest absolute Gasteiger partial charge is 0.497 e. The number of aliphatic hydroxyl groups is 1. The zero-order chi connectivity index (χ0) is 31.9. The van der Waals surface area contributed by atoms with E-state index in [9.17, 15) is 23.1 Å². The van der Waals surface area contributed by atoms with Crippen molar-refractivity contribution in [2.75, 3.05) is 56.7 Å². The predicted molar refractivity (Wildman–Crippen MR) is 162 cm³/mol. The van der Waals surface area contributed by atoms with Gasteiger partial charge in [0.15, 0.2) is 0 Å². The van der Waals surface area contributed by atoms with Crippen molar-refractivity contribution in [3.63, 3.8) is 0 Å². The highest BCUT2D eigenvalue weighted by Crippen LogP contribution is 2.65. The molecule has 3 aromatic carbocycles. The predicted octanol–water partition coefficient (Wildman–Crippen LogP) is 4.36. The molecule has 4 aromatic rings. The number of hydrogen-bond donors (Lipinski definition) is 4. The number of carbonyl (C=O) groups is 2. The van der Waals surface area contributed by atoms with Crippen LogP contribution in [0.3, 0.4) is 0 Å². The third-order valence-corrected chi connectivity index (χ3v) is 8.85. The smallest absolute Gasteiger partial charge is 0.490 e. The molecule has 4 N–H and O–H groups in total. The highest BCUT2D eigenvalue weighted by atomic mass is 19.4. The van der Waals surface area contributed by atoms with Gasteiger partial charge in [0.2, 0.25) is 5.91 Å². The first-order valence-electron chi connectivity index (χ1n) is 14.5. The number of halogens is 3. The summed E-state index contributed by atoms with van der Waals surface area (Å²) in [6, 6.07) is 20.9. The van der Waals surface area contributed by atoms with Gasteiger partial charge in [-0.1, -0.05) is 24.3 Å². The Morgan fingerprint density at radius 3 is 2.42 bits per heavy atom. The number of carboxylic acid groups (broad SMARTS) is 1. The second-order valence-electron chi connectivity index (χ2n) is 11.4. The van der Waals surface area contributed by atoms with E-state index in [4.69, 9.17) is 14.6 Å². The Balaban J connectivity index is 0.000000460. The van der Waals surface area contributed by atoms with Crippen LogP contribution in [0.2, 0.25) is 0 Å². The number of ether oxygens (including phenoxy) is 1. The van der Waals surface area contributed by atoms with Gasteiger partial charge in [0.05, 0.1) is 30.3 Å². The number of amides is 1. The van der Waals surface area contributed by atoms with E-state index in [1.165, 1.54) is 5.69 Å². The molecular weight excluding hydrogens is 591 g/mol. The summed E-state index contributed by atoms with van der Waals surface area (Å²) in [6.45, 7) is 4.83. The summed E-state index contributed by atoms with van der Waals surface area (Å²) >= 11 is 0. The number of piperazine rings is 1. The number of carbonyl (C=O) groups excluding carboxylic acids is 1. The number of benzene rings is 3. The fourth-order valence-electron chi connectivity index (χ4n) is 6.37. The van der Waals surface area contributed by atoms with Gasteiger partial charge in [0, 0.05) is 61.0 Å². The van der Waals surface area contributed by atoms with Crippen LogP contribution in [0.25, 0.3) is 22.2 Å². The number of hydrogen-bond acceptors (Lipinski definition) is 7. The molecule has 1 saturated carbocycles. The first-order chi connectivity index (χ1) is 21.5. The van der Waals surface area contributed by atoms with Gasteiger partial charge in [-0.3, -0.25) is 14.8 Å². The highest BCUT2D eigenvalue weighted by Gasteiger charge is 2.65. The molecule has 2 fully saturated rings. The van der Waals surface area contributed by atoms with Gasteiger partial charge in [-0.2, -0.15) is 18.3 Å². The molecule has 2 atom stereocenters. The number of carboxylic acids is 1. The average Bonchev–Trinajstić information content (AvgIpc) is 3.56. The van der Waals surface area contributed by atoms with Crippen molar-refractivity contribution < 1.29 is 37.7 Å². The molecule has 7 rings (SSSR count). The molecule has 1 amide bonds. The second kappa shape index (κ2) is 11.7. The lowest BCUT2D eigenvalue weighted by Gasteiger charge is -2.35.